The summed E-state index contributed by atoms with van der Waals surface area (Å²) in [5, 5.41) is 22.9. The van der Waals surface area contributed by atoms with Crippen molar-refractivity contribution in [2.24, 2.45) is 0 Å². The van der Waals surface area contributed by atoms with E-state index in [1.54, 1.807) is 6.08 Å². The second-order valence-electron chi connectivity index (χ2n) is 21.0. The number of hydrogen-bond donors (Lipinski definition) is 3. The maximum absolute atomic E-state index is 12.4. The summed E-state index contributed by atoms with van der Waals surface area (Å²) in [5.41, 5.74) is 0. The molecule has 0 aromatic carbocycles. The Labute approximate surface area is 430 Å². The van der Waals surface area contributed by atoms with Crippen LogP contribution in [0.25, 0.3) is 0 Å². The number of rotatable bonds is 57. The highest BCUT2D eigenvalue weighted by atomic mass is 16.5. The molecule has 0 aliphatic rings. The Kier molecular flexibility index (Phi) is 57.0. The lowest BCUT2D eigenvalue weighted by molar-refractivity contribution is -0.143. The molecule has 0 bridgehead atoms. The van der Waals surface area contributed by atoms with E-state index in [9.17, 15) is 19.8 Å². The van der Waals surface area contributed by atoms with Gasteiger partial charge in [0, 0.05) is 12.8 Å². The first kappa shape index (κ1) is 67.1. The topological polar surface area (TPSA) is 95.9 Å². The average molecular weight is 971 g/mol. The summed E-state index contributed by atoms with van der Waals surface area (Å²) in [6, 6.07) is -0.626. The van der Waals surface area contributed by atoms with E-state index in [4.69, 9.17) is 4.74 Å². The van der Waals surface area contributed by atoms with Crippen LogP contribution in [0.1, 0.15) is 328 Å². The molecule has 3 N–H and O–H groups in total. The molecule has 1 amide bonds. The average Bonchev–Trinajstić information content (AvgIpc) is 3.35. The van der Waals surface area contributed by atoms with Crippen molar-refractivity contribution in [1.29, 1.82) is 0 Å². The molecule has 0 rings (SSSR count). The first-order valence-corrected chi connectivity index (χ1v) is 30.8. The summed E-state index contributed by atoms with van der Waals surface area (Å²) in [5.74, 6) is -0.0576. The summed E-state index contributed by atoms with van der Waals surface area (Å²) in [6.07, 6.45) is 73.5. The molecule has 0 aromatic heterocycles. The van der Waals surface area contributed by atoms with Crippen LogP contribution in [-0.2, 0) is 14.3 Å². The van der Waals surface area contributed by atoms with Gasteiger partial charge in [0.05, 0.1) is 25.4 Å². The summed E-state index contributed by atoms with van der Waals surface area (Å²) >= 11 is 0. The van der Waals surface area contributed by atoms with Gasteiger partial charge in [0.25, 0.3) is 0 Å². The van der Waals surface area contributed by atoms with Crippen molar-refractivity contribution >= 4 is 11.9 Å². The number of carbonyl (C=O) groups excluding carboxylic acids is 2. The minimum Gasteiger partial charge on any atom is -0.466 e. The first-order valence-electron chi connectivity index (χ1n) is 30.8. The Morgan fingerprint density at radius 3 is 1.10 bits per heavy atom. The normalized spacial score (nSPS) is 12.8. The first-order chi connectivity index (χ1) is 34.0. The highest BCUT2D eigenvalue weighted by Crippen LogP contribution is 2.17. The van der Waals surface area contributed by atoms with Crippen LogP contribution in [0.5, 0.6) is 0 Å². The van der Waals surface area contributed by atoms with Gasteiger partial charge in [-0.3, -0.25) is 9.59 Å². The lowest BCUT2D eigenvalue weighted by atomic mass is 10.0. The summed E-state index contributed by atoms with van der Waals surface area (Å²) in [4.78, 5) is 24.4. The second-order valence-corrected chi connectivity index (χ2v) is 21.0. The molecule has 0 radical (unpaired) electrons. The molecule has 2 atom stereocenters. The van der Waals surface area contributed by atoms with Crippen LogP contribution >= 0.6 is 0 Å². The zero-order chi connectivity index (χ0) is 50.0. The van der Waals surface area contributed by atoms with Crippen LogP contribution in [0.15, 0.2) is 36.5 Å². The lowest BCUT2D eigenvalue weighted by Gasteiger charge is -2.20. The number of allylic oxidation sites excluding steroid dienone is 5. The van der Waals surface area contributed by atoms with Gasteiger partial charge >= 0.3 is 5.97 Å². The van der Waals surface area contributed by atoms with Crippen LogP contribution in [-0.4, -0.2) is 47.4 Å². The Morgan fingerprint density at radius 1 is 0.406 bits per heavy atom. The standard InChI is InChI=1S/C63H119NO5/c1-3-5-7-9-11-13-14-15-34-37-41-45-49-53-57-63(68)69-58-54-50-46-42-38-35-32-30-28-26-24-22-20-18-16-17-19-21-23-25-27-29-31-33-36-40-44-48-52-56-62(67)64-60(59-65)61(66)55-51-47-43-39-12-10-8-6-4-2/h16,18,22,24,51,55,60-61,65-66H,3-15,17,19-21,23,25-50,52-54,56-59H2,1-2H3,(H,64,67)/b18-16-,24-22-,55-51+. The zero-order valence-electron chi connectivity index (χ0n) is 46.3. The number of aliphatic hydroxyl groups is 2. The number of esters is 1. The molecule has 0 spiro atoms. The van der Waals surface area contributed by atoms with Crippen LogP contribution in [0.3, 0.4) is 0 Å². The predicted molar refractivity (Wildman–Crippen MR) is 301 cm³/mol. The van der Waals surface area contributed by atoms with Crippen LogP contribution in [0.4, 0.5) is 0 Å². The van der Waals surface area contributed by atoms with Crippen LogP contribution in [0.2, 0.25) is 0 Å². The summed E-state index contributed by atoms with van der Waals surface area (Å²) in [6.45, 7) is 4.88. The van der Waals surface area contributed by atoms with Crippen molar-refractivity contribution < 1.29 is 24.5 Å². The quantitative estimate of drug-likeness (QED) is 0.0321. The van der Waals surface area contributed by atoms with Crippen molar-refractivity contribution in [3.63, 3.8) is 0 Å². The van der Waals surface area contributed by atoms with E-state index < -0.39 is 12.1 Å². The van der Waals surface area contributed by atoms with E-state index in [1.807, 2.05) is 6.08 Å². The molecule has 0 aromatic rings. The Hall–Kier alpha value is -1.92. The number of nitrogens with one attached hydrogen (secondary N) is 1. The molecule has 0 aliphatic heterocycles. The van der Waals surface area contributed by atoms with Crippen molar-refractivity contribution in [2.75, 3.05) is 13.2 Å². The number of amides is 1. The fourth-order valence-corrected chi connectivity index (χ4v) is 9.43. The molecular weight excluding hydrogens is 851 g/mol. The number of hydrogen-bond acceptors (Lipinski definition) is 5. The van der Waals surface area contributed by atoms with Gasteiger partial charge in [-0.05, 0) is 64.2 Å². The molecule has 69 heavy (non-hydrogen) atoms. The molecule has 0 fully saturated rings. The monoisotopic (exact) mass is 970 g/mol. The molecule has 0 heterocycles. The van der Waals surface area contributed by atoms with Gasteiger partial charge in [-0.15, -0.1) is 0 Å². The van der Waals surface area contributed by atoms with Gasteiger partial charge in [-0.2, -0.15) is 0 Å². The third-order valence-electron chi connectivity index (χ3n) is 14.2. The van der Waals surface area contributed by atoms with Crippen LogP contribution in [0, 0.1) is 0 Å². The van der Waals surface area contributed by atoms with Gasteiger partial charge in [-0.1, -0.05) is 288 Å². The fourth-order valence-electron chi connectivity index (χ4n) is 9.43. The molecule has 6 nitrogen and oxygen atoms in total. The van der Waals surface area contributed by atoms with Gasteiger partial charge < -0.3 is 20.3 Å². The smallest absolute Gasteiger partial charge is 0.305 e. The molecule has 6 heteroatoms. The van der Waals surface area contributed by atoms with E-state index >= 15 is 0 Å². The van der Waals surface area contributed by atoms with Crippen molar-refractivity contribution in [3.8, 4) is 0 Å². The number of ether oxygens (including phenoxy) is 1. The fraction of sp³-hybridized carbons (Fsp3) is 0.873. The van der Waals surface area contributed by atoms with Crippen molar-refractivity contribution in [3.05, 3.63) is 36.5 Å². The van der Waals surface area contributed by atoms with E-state index in [0.717, 1.165) is 44.9 Å². The molecule has 0 saturated heterocycles. The number of aliphatic hydroxyl groups excluding tert-OH is 2. The Balaban J connectivity index is 3.38. The van der Waals surface area contributed by atoms with E-state index in [-0.39, 0.29) is 18.5 Å². The molecule has 0 aliphatic carbocycles. The lowest BCUT2D eigenvalue weighted by Crippen LogP contribution is -2.45. The molecule has 2 unspecified atom stereocenters. The van der Waals surface area contributed by atoms with Gasteiger partial charge in [0.15, 0.2) is 0 Å². The number of unbranched alkanes of at least 4 members (excludes halogenated alkanes) is 42. The molecule has 406 valence electrons. The summed E-state index contributed by atoms with van der Waals surface area (Å²) in [7, 11) is 0. The minimum absolute atomic E-state index is 0.0137. The maximum atomic E-state index is 12.4. The number of carbonyl (C=O) groups is 2. The second kappa shape index (κ2) is 58.6. The molecule has 0 saturated carbocycles. The van der Waals surface area contributed by atoms with Gasteiger partial charge in [0.2, 0.25) is 5.91 Å². The third-order valence-corrected chi connectivity index (χ3v) is 14.2. The largest absolute Gasteiger partial charge is 0.466 e. The SMILES string of the molecule is CCCCCCCCC/C=C/C(O)C(CO)NC(=O)CCCCCCCCCCCCCCC/C=C\C/C=C\CCCCCCCCCCCOC(=O)CCCCCCCCCCCCCCCC. The predicted octanol–water partition coefficient (Wildman–Crippen LogP) is 19.2. The van der Waals surface area contributed by atoms with Crippen molar-refractivity contribution in [1.82, 2.24) is 5.32 Å². The maximum Gasteiger partial charge on any atom is 0.305 e. The van der Waals surface area contributed by atoms with Gasteiger partial charge in [-0.25, -0.2) is 0 Å². The minimum atomic E-state index is -0.843. The summed E-state index contributed by atoms with van der Waals surface area (Å²) < 4.78 is 5.48. The van der Waals surface area contributed by atoms with E-state index in [2.05, 4.69) is 43.5 Å². The molecular formula is C63H119NO5. The third kappa shape index (κ3) is 55.2. The van der Waals surface area contributed by atoms with E-state index in [1.165, 1.54) is 257 Å². The highest BCUT2D eigenvalue weighted by molar-refractivity contribution is 5.76. The van der Waals surface area contributed by atoms with Crippen LogP contribution < -0.4 is 5.32 Å². The zero-order valence-corrected chi connectivity index (χ0v) is 46.3. The van der Waals surface area contributed by atoms with E-state index in [0.29, 0.717) is 19.4 Å². The Bertz CT molecular complexity index is 1120. The Morgan fingerprint density at radius 2 is 0.725 bits per heavy atom. The van der Waals surface area contributed by atoms with Crippen molar-refractivity contribution in [2.45, 2.75) is 341 Å². The van der Waals surface area contributed by atoms with Gasteiger partial charge in [0.1, 0.15) is 0 Å². The highest BCUT2D eigenvalue weighted by Gasteiger charge is 2.18.